The SMILES string of the molecule is Cc1cc(C)cc(N(C)S(=O)(=O)CCCO)c1. The Morgan fingerprint density at radius 3 is 2.18 bits per heavy atom. The van der Waals surface area contributed by atoms with E-state index in [1.807, 2.05) is 32.0 Å². The summed E-state index contributed by atoms with van der Waals surface area (Å²) >= 11 is 0. The minimum Gasteiger partial charge on any atom is -0.396 e. The third-order valence-corrected chi connectivity index (χ3v) is 4.40. The first-order chi connectivity index (χ1) is 7.86. The van der Waals surface area contributed by atoms with Crippen LogP contribution >= 0.6 is 0 Å². The van der Waals surface area contributed by atoms with E-state index in [0.29, 0.717) is 5.69 Å². The van der Waals surface area contributed by atoms with Crippen molar-refractivity contribution in [2.45, 2.75) is 20.3 Å². The van der Waals surface area contributed by atoms with Crippen LogP contribution in [0, 0.1) is 13.8 Å². The average Bonchev–Trinajstić information content (AvgIpc) is 2.24. The van der Waals surface area contributed by atoms with Crippen molar-refractivity contribution in [1.29, 1.82) is 0 Å². The molecule has 1 aromatic carbocycles. The Morgan fingerprint density at radius 1 is 1.18 bits per heavy atom. The lowest BCUT2D eigenvalue weighted by Gasteiger charge is -2.20. The van der Waals surface area contributed by atoms with E-state index >= 15 is 0 Å². The fourth-order valence-electron chi connectivity index (χ4n) is 1.68. The molecule has 0 atom stereocenters. The van der Waals surface area contributed by atoms with Gasteiger partial charge < -0.3 is 5.11 Å². The first kappa shape index (κ1) is 14.0. The van der Waals surface area contributed by atoms with Crippen molar-refractivity contribution in [1.82, 2.24) is 0 Å². The molecule has 0 saturated carbocycles. The number of hydrogen-bond acceptors (Lipinski definition) is 3. The zero-order valence-electron chi connectivity index (χ0n) is 10.5. The minimum atomic E-state index is -3.34. The second-order valence-electron chi connectivity index (χ2n) is 4.21. The number of aliphatic hydroxyl groups is 1. The second-order valence-corrected chi connectivity index (χ2v) is 6.33. The van der Waals surface area contributed by atoms with Gasteiger partial charge in [0.25, 0.3) is 0 Å². The van der Waals surface area contributed by atoms with Gasteiger partial charge in [0.05, 0.1) is 11.4 Å². The van der Waals surface area contributed by atoms with Gasteiger partial charge in [0, 0.05) is 13.7 Å². The van der Waals surface area contributed by atoms with Crippen LogP contribution in [0.15, 0.2) is 18.2 Å². The summed E-state index contributed by atoms with van der Waals surface area (Å²) in [5.41, 5.74) is 2.73. The maximum Gasteiger partial charge on any atom is 0.234 e. The molecule has 4 nitrogen and oxygen atoms in total. The molecule has 0 bridgehead atoms. The Kier molecular flexibility index (Phi) is 4.54. The number of benzene rings is 1. The highest BCUT2D eigenvalue weighted by Crippen LogP contribution is 2.20. The molecular formula is C12H19NO3S. The predicted octanol–water partition coefficient (Wildman–Crippen LogP) is 1.45. The quantitative estimate of drug-likeness (QED) is 0.868. The van der Waals surface area contributed by atoms with Gasteiger partial charge in [-0.15, -0.1) is 0 Å². The van der Waals surface area contributed by atoms with Crippen LogP contribution < -0.4 is 4.31 Å². The van der Waals surface area contributed by atoms with Crippen molar-refractivity contribution in [3.05, 3.63) is 29.3 Å². The van der Waals surface area contributed by atoms with E-state index in [2.05, 4.69) is 0 Å². The lowest BCUT2D eigenvalue weighted by Crippen LogP contribution is -2.29. The van der Waals surface area contributed by atoms with Gasteiger partial charge in [-0.05, 0) is 43.5 Å². The summed E-state index contributed by atoms with van der Waals surface area (Å²) < 4.78 is 25.1. The maximum atomic E-state index is 11.9. The van der Waals surface area contributed by atoms with E-state index < -0.39 is 10.0 Å². The molecule has 1 aromatic rings. The summed E-state index contributed by atoms with van der Waals surface area (Å²) in [4.78, 5) is 0. The van der Waals surface area contributed by atoms with Crippen molar-refractivity contribution in [3.8, 4) is 0 Å². The smallest absolute Gasteiger partial charge is 0.234 e. The number of nitrogens with zero attached hydrogens (tertiary/aromatic N) is 1. The summed E-state index contributed by atoms with van der Waals surface area (Å²) in [6, 6.07) is 5.67. The number of sulfonamides is 1. The molecule has 0 fully saturated rings. The predicted molar refractivity (Wildman–Crippen MR) is 69.8 cm³/mol. The second kappa shape index (κ2) is 5.51. The molecule has 96 valence electrons. The molecule has 0 spiro atoms. The molecule has 17 heavy (non-hydrogen) atoms. The molecule has 5 heteroatoms. The molecule has 0 radical (unpaired) electrons. The molecule has 1 rings (SSSR count). The molecule has 0 aliphatic rings. The Balaban J connectivity index is 2.99. The number of anilines is 1. The molecule has 0 heterocycles. The molecule has 0 aromatic heterocycles. The van der Waals surface area contributed by atoms with Gasteiger partial charge in [-0.1, -0.05) is 6.07 Å². The molecule has 0 amide bonds. The zero-order valence-corrected chi connectivity index (χ0v) is 11.3. The van der Waals surface area contributed by atoms with Crippen LogP contribution in [-0.4, -0.2) is 32.9 Å². The molecule has 0 saturated heterocycles. The average molecular weight is 257 g/mol. The van der Waals surface area contributed by atoms with Gasteiger partial charge in [-0.2, -0.15) is 0 Å². The summed E-state index contributed by atoms with van der Waals surface area (Å²) in [5, 5.41) is 8.69. The van der Waals surface area contributed by atoms with Crippen LogP contribution in [-0.2, 0) is 10.0 Å². The third kappa shape index (κ3) is 3.71. The molecule has 0 unspecified atom stereocenters. The van der Waals surface area contributed by atoms with Crippen LogP contribution in [0.3, 0.4) is 0 Å². The molecule has 0 aliphatic carbocycles. The monoisotopic (exact) mass is 257 g/mol. The van der Waals surface area contributed by atoms with Gasteiger partial charge in [0.2, 0.25) is 10.0 Å². The highest BCUT2D eigenvalue weighted by Gasteiger charge is 2.18. The highest BCUT2D eigenvalue weighted by molar-refractivity contribution is 7.92. The van der Waals surface area contributed by atoms with Crippen LogP contribution in [0.5, 0.6) is 0 Å². The summed E-state index contributed by atoms with van der Waals surface area (Å²) in [5.74, 6) is -0.0347. The number of hydrogen-bond donors (Lipinski definition) is 1. The van der Waals surface area contributed by atoms with Gasteiger partial charge >= 0.3 is 0 Å². The van der Waals surface area contributed by atoms with E-state index in [1.54, 1.807) is 7.05 Å². The highest BCUT2D eigenvalue weighted by atomic mass is 32.2. The van der Waals surface area contributed by atoms with Gasteiger partial charge in [0.1, 0.15) is 0 Å². The van der Waals surface area contributed by atoms with E-state index in [9.17, 15) is 8.42 Å². The standard InChI is InChI=1S/C12H19NO3S/c1-10-7-11(2)9-12(8-10)13(3)17(15,16)6-4-5-14/h7-9,14H,4-6H2,1-3H3. The number of aliphatic hydroxyl groups excluding tert-OH is 1. The van der Waals surface area contributed by atoms with Crippen molar-refractivity contribution < 1.29 is 13.5 Å². The lowest BCUT2D eigenvalue weighted by atomic mass is 10.1. The van der Waals surface area contributed by atoms with Crippen LogP contribution in [0.25, 0.3) is 0 Å². The first-order valence-corrected chi connectivity index (χ1v) is 7.13. The number of rotatable bonds is 5. The normalized spacial score (nSPS) is 11.5. The fourth-order valence-corrected chi connectivity index (χ4v) is 2.87. The van der Waals surface area contributed by atoms with Crippen LogP contribution in [0.1, 0.15) is 17.5 Å². The van der Waals surface area contributed by atoms with Crippen molar-refractivity contribution in [3.63, 3.8) is 0 Å². The van der Waals surface area contributed by atoms with Gasteiger partial charge in [-0.25, -0.2) is 8.42 Å². The third-order valence-electron chi connectivity index (χ3n) is 2.55. The Labute approximate surface area is 103 Å². The largest absolute Gasteiger partial charge is 0.396 e. The Bertz CT molecular complexity index is 462. The summed E-state index contributed by atoms with van der Waals surface area (Å²) in [6.07, 6.45) is 0.261. The van der Waals surface area contributed by atoms with Gasteiger partial charge in [0.15, 0.2) is 0 Å². The Hall–Kier alpha value is -1.07. The van der Waals surface area contributed by atoms with E-state index in [0.717, 1.165) is 11.1 Å². The van der Waals surface area contributed by atoms with Crippen molar-refractivity contribution >= 4 is 15.7 Å². The maximum absolute atomic E-state index is 11.9. The summed E-state index contributed by atoms with van der Waals surface area (Å²) in [7, 11) is -1.79. The topological polar surface area (TPSA) is 57.6 Å². The lowest BCUT2D eigenvalue weighted by molar-refractivity contribution is 0.295. The van der Waals surface area contributed by atoms with Crippen LogP contribution in [0.2, 0.25) is 0 Å². The van der Waals surface area contributed by atoms with Crippen molar-refractivity contribution in [2.24, 2.45) is 0 Å². The van der Waals surface area contributed by atoms with Crippen LogP contribution in [0.4, 0.5) is 5.69 Å². The fraction of sp³-hybridized carbons (Fsp3) is 0.500. The minimum absolute atomic E-state index is 0.0347. The van der Waals surface area contributed by atoms with E-state index in [-0.39, 0.29) is 18.8 Å². The van der Waals surface area contributed by atoms with Gasteiger partial charge in [-0.3, -0.25) is 4.31 Å². The van der Waals surface area contributed by atoms with Crippen molar-refractivity contribution in [2.75, 3.05) is 23.7 Å². The van der Waals surface area contributed by atoms with E-state index in [1.165, 1.54) is 4.31 Å². The Morgan fingerprint density at radius 2 is 1.71 bits per heavy atom. The van der Waals surface area contributed by atoms with E-state index in [4.69, 9.17) is 5.11 Å². The zero-order chi connectivity index (χ0) is 13.1. The molecular weight excluding hydrogens is 238 g/mol. The molecule has 0 aliphatic heterocycles. The number of aryl methyl sites for hydroxylation is 2. The summed E-state index contributed by atoms with van der Waals surface area (Å²) in [6.45, 7) is 3.76. The first-order valence-electron chi connectivity index (χ1n) is 5.52. The molecule has 1 N–H and O–H groups in total.